The van der Waals surface area contributed by atoms with Gasteiger partial charge < -0.3 is 9.80 Å². The van der Waals surface area contributed by atoms with E-state index < -0.39 is 9.85 Å². The Morgan fingerprint density at radius 2 is 1.52 bits per heavy atom. The molecule has 0 unspecified atom stereocenters. The zero-order valence-corrected chi connectivity index (χ0v) is 14.4. The molecule has 2 aromatic rings. The number of nitro groups is 2. The predicted molar refractivity (Wildman–Crippen MR) is 101 cm³/mol. The molecule has 0 radical (unpaired) electrons. The summed E-state index contributed by atoms with van der Waals surface area (Å²) in [5.41, 5.74) is 1.30. The Kier molecular flexibility index (Phi) is 4.81. The molecule has 1 fully saturated rings. The van der Waals surface area contributed by atoms with Gasteiger partial charge in [-0.05, 0) is 12.1 Å². The summed E-state index contributed by atoms with van der Waals surface area (Å²) in [4.78, 5) is 24.7. The van der Waals surface area contributed by atoms with E-state index >= 15 is 0 Å². The number of hydrogen-bond donors (Lipinski definition) is 0. The van der Waals surface area contributed by atoms with Crippen molar-refractivity contribution in [2.24, 2.45) is 0 Å². The second kappa shape index (κ2) is 7.03. The lowest BCUT2D eigenvalue weighted by atomic mass is 10.2. The third-order valence-corrected chi connectivity index (χ3v) is 5.12. The molecule has 0 aliphatic carbocycles. The number of non-ortho nitro benzene ring substituents is 2. The first kappa shape index (κ1) is 17.1. The fraction of sp³-hybridized carbons (Fsp3) is 0.133. The van der Waals surface area contributed by atoms with Crippen LogP contribution in [0, 0.1) is 20.2 Å². The van der Waals surface area contributed by atoms with Gasteiger partial charge in [-0.15, -0.1) is 0 Å². The smallest absolute Gasteiger partial charge is 0.271 e. The van der Waals surface area contributed by atoms with Crippen LogP contribution in [-0.2, 0) is 0 Å². The van der Waals surface area contributed by atoms with Crippen LogP contribution in [0.3, 0.4) is 0 Å². The summed E-state index contributed by atoms with van der Waals surface area (Å²) in [5, 5.41) is 21.9. The predicted octanol–water partition coefficient (Wildman–Crippen LogP) is 3.76. The van der Waals surface area contributed by atoms with Crippen molar-refractivity contribution in [2.75, 3.05) is 22.3 Å². The quantitative estimate of drug-likeness (QED) is 0.452. The van der Waals surface area contributed by atoms with E-state index in [-0.39, 0.29) is 11.4 Å². The normalized spacial score (nSPS) is 14.5. The number of benzene rings is 2. The van der Waals surface area contributed by atoms with Gasteiger partial charge in [0.05, 0.1) is 28.1 Å². The van der Waals surface area contributed by atoms with Gasteiger partial charge in [0.2, 0.25) is 0 Å². The van der Waals surface area contributed by atoms with E-state index in [1.165, 1.54) is 36.0 Å². The highest BCUT2D eigenvalue weighted by atomic mass is 32.2. The lowest BCUT2D eigenvalue weighted by Crippen LogP contribution is -2.45. The van der Waals surface area contributed by atoms with E-state index in [0.717, 1.165) is 0 Å². The van der Waals surface area contributed by atoms with Crippen LogP contribution in [-0.4, -0.2) is 26.7 Å². The Labute approximate surface area is 152 Å². The minimum atomic E-state index is -0.456. The van der Waals surface area contributed by atoms with Crippen LogP contribution in [0.25, 0.3) is 0 Å². The Morgan fingerprint density at radius 1 is 0.960 bits per heavy atom. The van der Waals surface area contributed by atoms with Crippen LogP contribution < -0.4 is 9.80 Å². The van der Waals surface area contributed by atoms with E-state index in [2.05, 4.69) is 0 Å². The van der Waals surface area contributed by atoms with Crippen molar-refractivity contribution >= 4 is 51.0 Å². The Hall–Kier alpha value is -2.72. The maximum absolute atomic E-state index is 11.0. The van der Waals surface area contributed by atoms with Gasteiger partial charge in [0.25, 0.3) is 11.4 Å². The summed E-state index contributed by atoms with van der Waals surface area (Å²) in [6.45, 7) is 0.355. The maximum Gasteiger partial charge on any atom is 0.271 e. The lowest BCUT2D eigenvalue weighted by Gasteiger charge is -2.37. The van der Waals surface area contributed by atoms with Crippen molar-refractivity contribution in [1.29, 1.82) is 0 Å². The molecule has 0 amide bonds. The molecule has 3 rings (SSSR count). The average Bonchev–Trinajstić information content (AvgIpc) is 2.62. The molecule has 2 aromatic carbocycles. The van der Waals surface area contributed by atoms with E-state index in [1.54, 1.807) is 29.2 Å². The second-order valence-electron chi connectivity index (χ2n) is 5.20. The zero-order valence-electron chi connectivity index (χ0n) is 12.8. The molecule has 0 bridgehead atoms. The van der Waals surface area contributed by atoms with Gasteiger partial charge in [-0.1, -0.05) is 36.1 Å². The molecule has 0 atom stereocenters. The van der Waals surface area contributed by atoms with Gasteiger partial charge >= 0.3 is 0 Å². The van der Waals surface area contributed by atoms with Crippen LogP contribution >= 0.6 is 24.0 Å². The number of anilines is 2. The van der Waals surface area contributed by atoms with Crippen molar-refractivity contribution in [3.05, 3.63) is 68.8 Å². The van der Waals surface area contributed by atoms with Gasteiger partial charge in [0, 0.05) is 30.0 Å². The number of hydrogen-bond acceptors (Lipinski definition) is 7. The standard InChI is InChI=1S/C15H12N4O4S2/c20-18(21)13-5-1-3-11(7-13)16-9-17(15(24)25-10-16)12-4-2-6-14(8-12)19(22)23/h1-8H,9-10H2. The molecule has 0 N–H and O–H groups in total. The van der Waals surface area contributed by atoms with Crippen molar-refractivity contribution < 1.29 is 9.85 Å². The van der Waals surface area contributed by atoms with E-state index in [9.17, 15) is 20.2 Å². The highest BCUT2D eigenvalue weighted by Crippen LogP contribution is 2.31. The first-order chi connectivity index (χ1) is 12.0. The summed E-state index contributed by atoms with van der Waals surface area (Å²) in [7, 11) is 0. The highest BCUT2D eigenvalue weighted by molar-refractivity contribution is 8.23. The Balaban J connectivity index is 1.88. The summed E-state index contributed by atoms with van der Waals surface area (Å²) in [6, 6.07) is 12.6. The number of nitrogens with zero attached hydrogens (tertiary/aromatic N) is 4. The van der Waals surface area contributed by atoms with Crippen molar-refractivity contribution in [3.8, 4) is 0 Å². The number of thiocarbonyl (C=S) groups is 1. The first-order valence-corrected chi connectivity index (χ1v) is 8.53. The average molecular weight is 376 g/mol. The van der Waals surface area contributed by atoms with Gasteiger partial charge in [0.15, 0.2) is 0 Å². The largest absolute Gasteiger partial charge is 0.343 e. The van der Waals surface area contributed by atoms with Gasteiger partial charge in [-0.2, -0.15) is 0 Å². The molecule has 0 saturated carbocycles. The first-order valence-electron chi connectivity index (χ1n) is 7.14. The van der Waals surface area contributed by atoms with Gasteiger partial charge in [-0.3, -0.25) is 20.2 Å². The second-order valence-corrected chi connectivity index (χ2v) is 6.78. The molecule has 128 valence electrons. The van der Waals surface area contributed by atoms with Crippen LogP contribution in [0.2, 0.25) is 0 Å². The third kappa shape index (κ3) is 3.69. The lowest BCUT2D eigenvalue weighted by molar-refractivity contribution is -0.385. The van der Waals surface area contributed by atoms with Crippen molar-refractivity contribution in [2.45, 2.75) is 0 Å². The minimum absolute atomic E-state index is 0.0116. The molecular formula is C15H12N4O4S2. The number of nitro benzene ring substituents is 2. The fourth-order valence-electron chi connectivity index (χ4n) is 2.40. The summed E-state index contributed by atoms with van der Waals surface area (Å²) < 4.78 is 0.599. The third-order valence-electron chi connectivity index (χ3n) is 3.63. The van der Waals surface area contributed by atoms with Crippen LogP contribution in [0.5, 0.6) is 0 Å². The maximum atomic E-state index is 11.0. The zero-order chi connectivity index (χ0) is 18.0. The fourth-order valence-corrected chi connectivity index (χ4v) is 3.54. The van der Waals surface area contributed by atoms with E-state index in [1.807, 2.05) is 4.90 Å². The van der Waals surface area contributed by atoms with E-state index in [4.69, 9.17) is 12.2 Å². The molecule has 10 heteroatoms. The summed E-state index contributed by atoms with van der Waals surface area (Å²) >= 11 is 6.77. The van der Waals surface area contributed by atoms with Crippen molar-refractivity contribution in [3.63, 3.8) is 0 Å². The van der Waals surface area contributed by atoms with Gasteiger partial charge in [-0.25, -0.2) is 0 Å². The van der Waals surface area contributed by atoms with E-state index in [0.29, 0.717) is 28.2 Å². The number of rotatable bonds is 4. The Bertz CT molecular complexity index is 861. The van der Waals surface area contributed by atoms with Gasteiger partial charge in [0.1, 0.15) is 4.32 Å². The van der Waals surface area contributed by atoms with Crippen LogP contribution in [0.4, 0.5) is 22.7 Å². The number of thioether (sulfide) groups is 1. The highest BCUT2D eigenvalue weighted by Gasteiger charge is 2.25. The SMILES string of the molecule is O=[N+]([O-])c1cccc(N2CSC(=S)N(c3cccc([N+](=O)[O-])c3)C2)c1. The molecule has 0 aromatic heterocycles. The Morgan fingerprint density at radius 3 is 2.12 bits per heavy atom. The molecule has 8 nitrogen and oxygen atoms in total. The summed E-state index contributed by atoms with van der Waals surface area (Å²) in [5.74, 6) is 0.547. The topological polar surface area (TPSA) is 92.8 Å². The van der Waals surface area contributed by atoms with Crippen LogP contribution in [0.15, 0.2) is 48.5 Å². The molecular weight excluding hydrogens is 364 g/mol. The monoisotopic (exact) mass is 376 g/mol. The summed E-state index contributed by atoms with van der Waals surface area (Å²) in [6.07, 6.45) is 0. The molecule has 1 aliphatic rings. The molecule has 1 saturated heterocycles. The molecule has 0 spiro atoms. The molecule has 25 heavy (non-hydrogen) atoms. The molecule has 1 heterocycles. The van der Waals surface area contributed by atoms with Crippen LogP contribution in [0.1, 0.15) is 0 Å². The molecule has 1 aliphatic heterocycles. The van der Waals surface area contributed by atoms with Crippen molar-refractivity contribution in [1.82, 2.24) is 0 Å². The minimum Gasteiger partial charge on any atom is -0.343 e.